The molecule has 0 saturated carbocycles. The van der Waals surface area contributed by atoms with Crippen LogP contribution in [-0.4, -0.2) is 4.98 Å². The highest BCUT2D eigenvalue weighted by Crippen LogP contribution is 2.27. The second kappa shape index (κ2) is 7.43. The molecular formula is C19H14BrN3S. The number of hydrogen-bond acceptors (Lipinski definition) is 4. The third-order valence-corrected chi connectivity index (χ3v) is 4.78. The third kappa shape index (κ3) is 3.91. The number of benzene rings is 2. The first kappa shape index (κ1) is 16.4. The van der Waals surface area contributed by atoms with Crippen LogP contribution in [0, 0.1) is 18.3 Å². The molecule has 0 aliphatic rings. The maximum Gasteiger partial charge on any atom is 0.136 e. The molecule has 3 rings (SSSR count). The van der Waals surface area contributed by atoms with Crippen molar-refractivity contribution in [2.45, 2.75) is 6.92 Å². The van der Waals surface area contributed by atoms with Crippen molar-refractivity contribution in [3.63, 3.8) is 0 Å². The Labute approximate surface area is 153 Å². The van der Waals surface area contributed by atoms with E-state index in [1.54, 1.807) is 6.20 Å². The van der Waals surface area contributed by atoms with Gasteiger partial charge in [0.1, 0.15) is 16.6 Å². The average molecular weight is 396 g/mol. The standard InChI is InChI=1S/C19H14BrN3S/c1-13-5-7-17(8-6-13)22-11-15(10-21)19-23-18(12-24-19)14-3-2-4-16(20)9-14/h2-9,11-12,22H,1H3/b15-11+. The van der Waals surface area contributed by atoms with Crippen LogP contribution < -0.4 is 5.32 Å². The highest BCUT2D eigenvalue weighted by Gasteiger charge is 2.09. The molecule has 118 valence electrons. The number of allylic oxidation sites excluding steroid dienone is 1. The lowest BCUT2D eigenvalue weighted by Gasteiger charge is -2.01. The lowest BCUT2D eigenvalue weighted by atomic mass is 10.2. The molecule has 0 bridgehead atoms. The zero-order valence-electron chi connectivity index (χ0n) is 13.0. The molecule has 3 aromatic rings. The molecule has 0 aliphatic carbocycles. The van der Waals surface area contributed by atoms with Gasteiger partial charge in [-0.3, -0.25) is 0 Å². The fourth-order valence-corrected chi connectivity index (χ4v) is 3.32. The molecule has 0 radical (unpaired) electrons. The first-order chi connectivity index (χ1) is 11.7. The Hall–Kier alpha value is -2.42. The number of nitrogens with one attached hydrogen (secondary N) is 1. The van der Waals surface area contributed by atoms with Gasteiger partial charge in [0.15, 0.2) is 0 Å². The molecule has 0 unspecified atom stereocenters. The number of hydrogen-bond donors (Lipinski definition) is 1. The Kier molecular flexibility index (Phi) is 5.09. The fraction of sp³-hybridized carbons (Fsp3) is 0.0526. The van der Waals surface area contributed by atoms with Crippen molar-refractivity contribution < 1.29 is 0 Å². The van der Waals surface area contributed by atoms with Crippen LogP contribution in [0.4, 0.5) is 5.69 Å². The minimum Gasteiger partial charge on any atom is -0.360 e. The van der Waals surface area contributed by atoms with Gasteiger partial charge in [0, 0.05) is 27.3 Å². The Morgan fingerprint density at radius 3 is 2.75 bits per heavy atom. The number of anilines is 1. The summed E-state index contributed by atoms with van der Waals surface area (Å²) < 4.78 is 1.01. The molecule has 24 heavy (non-hydrogen) atoms. The molecule has 0 atom stereocenters. The number of aryl methyl sites for hydroxylation is 1. The summed E-state index contributed by atoms with van der Waals surface area (Å²) in [6.45, 7) is 2.04. The monoisotopic (exact) mass is 395 g/mol. The van der Waals surface area contributed by atoms with Crippen LogP contribution in [0.25, 0.3) is 16.8 Å². The summed E-state index contributed by atoms with van der Waals surface area (Å²) in [7, 11) is 0. The minimum atomic E-state index is 0.516. The molecular weight excluding hydrogens is 382 g/mol. The van der Waals surface area contributed by atoms with Crippen LogP contribution in [0.3, 0.4) is 0 Å². The molecule has 1 aromatic heterocycles. The zero-order chi connectivity index (χ0) is 16.9. The molecule has 5 heteroatoms. The lowest BCUT2D eigenvalue weighted by Crippen LogP contribution is -1.91. The van der Waals surface area contributed by atoms with E-state index in [9.17, 15) is 5.26 Å². The second-order valence-corrected chi connectivity index (χ2v) is 7.00. The third-order valence-electron chi connectivity index (χ3n) is 3.41. The second-order valence-electron chi connectivity index (χ2n) is 5.23. The summed E-state index contributed by atoms with van der Waals surface area (Å²) in [6, 6.07) is 18.2. The van der Waals surface area contributed by atoms with E-state index in [1.807, 2.05) is 60.8 Å². The van der Waals surface area contributed by atoms with Gasteiger partial charge in [-0.25, -0.2) is 4.98 Å². The molecule has 0 saturated heterocycles. The molecule has 2 aromatic carbocycles. The summed E-state index contributed by atoms with van der Waals surface area (Å²) >= 11 is 4.93. The van der Waals surface area contributed by atoms with Gasteiger partial charge in [-0.2, -0.15) is 5.26 Å². The number of halogens is 1. The van der Waals surface area contributed by atoms with Gasteiger partial charge in [0.05, 0.1) is 5.69 Å². The topological polar surface area (TPSA) is 48.7 Å². The van der Waals surface area contributed by atoms with E-state index < -0.39 is 0 Å². The van der Waals surface area contributed by atoms with Crippen molar-refractivity contribution in [2.75, 3.05) is 5.32 Å². The van der Waals surface area contributed by atoms with Gasteiger partial charge in [-0.05, 0) is 31.2 Å². The number of nitriles is 1. The maximum absolute atomic E-state index is 9.43. The lowest BCUT2D eigenvalue weighted by molar-refractivity contribution is 1.36. The van der Waals surface area contributed by atoms with E-state index in [0.717, 1.165) is 21.4 Å². The first-order valence-electron chi connectivity index (χ1n) is 7.31. The summed E-state index contributed by atoms with van der Waals surface area (Å²) in [5, 5.41) is 15.2. The van der Waals surface area contributed by atoms with E-state index in [-0.39, 0.29) is 0 Å². The number of rotatable bonds is 4. The van der Waals surface area contributed by atoms with Crippen molar-refractivity contribution in [1.29, 1.82) is 5.26 Å². The molecule has 0 aliphatic heterocycles. The Morgan fingerprint density at radius 1 is 1.25 bits per heavy atom. The molecule has 0 spiro atoms. The fourth-order valence-electron chi connectivity index (χ4n) is 2.12. The van der Waals surface area contributed by atoms with Crippen LogP contribution in [-0.2, 0) is 0 Å². The SMILES string of the molecule is Cc1ccc(N/C=C(\C#N)c2nc(-c3cccc(Br)c3)cs2)cc1. The number of nitrogens with zero attached hydrogens (tertiary/aromatic N) is 2. The van der Waals surface area contributed by atoms with E-state index >= 15 is 0 Å². The smallest absolute Gasteiger partial charge is 0.136 e. The summed E-state index contributed by atoms with van der Waals surface area (Å²) in [6.07, 6.45) is 1.70. The molecule has 3 nitrogen and oxygen atoms in total. The predicted octanol–water partition coefficient (Wildman–Crippen LogP) is 5.86. The van der Waals surface area contributed by atoms with Crippen molar-refractivity contribution in [1.82, 2.24) is 4.98 Å². The largest absolute Gasteiger partial charge is 0.360 e. The molecule has 0 fully saturated rings. The normalized spacial score (nSPS) is 11.1. The van der Waals surface area contributed by atoms with Gasteiger partial charge in [0.2, 0.25) is 0 Å². The van der Waals surface area contributed by atoms with E-state index in [2.05, 4.69) is 32.3 Å². The van der Waals surface area contributed by atoms with Crippen LogP contribution in [0.2, 0.25) is 0 Å². The Bertz CT molecular complexity index is 920. The predicted molar refractivity (Wildman–Crippen MR) is 104 cm³/mol. The number of aromatic nitrogens is 1. The van der Waals surface area contributed by atoms with Crippen molar-refractivity contribution in [3.05, 3.63) is 75.2 Å². The Morgan fingerprint density at radius 2 is 2.04 bits per heavy atom. The molecule has 0 amide bonds. The van der Waals surface area contributed by atoms with Gasteiger partial charge in [-0.15, -0.1) is 11.3 Å². The minimum absolute atomic E-state index is 0.516. The average Bonchev–Trinajstić information content (AvgIpc) is 3.07. The highest BCUT2D eigenvalue weighted by atomic mass is 79.9. The summed E-state index contributed by atoms with van der Waals surface area (Å²) in [4.78, 5) is 4.59. The summed E-state index contributed by atoms with van der Waals surface area (Å²) in [5.41, 5.74) is 4.55. The zero-order valence-corrected chi connectivity index (χ0v) is 15.4. The first-order valence-corrected chi connectivity index (χ1v) is 8.98. The quantitative estimate of drug-likeness (QED) is 0.562. The van der Waals surface area contributed by atoms with E-state index in [1.165, 1.54) is 16.9 Å². The molecule has 1 N–H and O–H groups in total. The van der Waals surface area contributed by atoms with Gasteiger partial charge >= 0.3 is 0 Å². The number of thiazole rings is 1. The van der Waals surface area contributed by atoms with Gasteiger partial charge in [-0.1, -0.05) is 45.8 Å². The highest BCUT2D eigenvalue weighted by molar-refractivity contribution is 9.10. The van der Waals surface area contributed by atoms with Crippen LogP contribution in [0.15, 0.2) is 64.6 Å². The van der Waals surface area contributed by atoms with Crippen LogP contribution in [0.5, 0.6) is 0 Å². The van der Waals surface area contributed by atoms with E-state index in [0.29, 0.717) is 10.6 Å². The Balaban J connectivity index is 1.83. The van der Waals surface area contributed by atoms with Crippen molar-refractivity contribution in [2.24, 2.45) is 0 Å². The van der Waals surface area contributed by atoms with E-state index in [4.69, 9.17) is 0 Å². The van der Waals surface area contributed by atoms with Crippen molar-refractivity contribution in [3.8, 4) is 17.3 Å². The summed E-state index contributed by atoms with van der Waals surface area (Å²) in [5.74, 6) is 0. The van der Waals surface area contributed by atoms with Gasteiger partial charge in [0.25, 0.3) is 0 Å². The van der Waals surface area contributed by atoms with Crippen LogP contribution >= 0.6 is 27.3 Å². The van der Waals surface area contributed by atoms with Crippen LogP contribution in [0.1, 0.15) is 10.6 Å². The maximum atomic E-state index is 9.43. The molecule has 1 heterocycles. The van der Waals surface area contributed by atoms with Gasteiger partial charge < -0.3 is 5.32 Å². The van der Waals surface area contributed by atoms with Crippen molar-refractivity contribution >= 4 is 38.5 Å².